The summed E-state index contributed by atoms with van der Waals surface area (Å²) in [5.74, 6) is 0.787. The van der Waals surface area contributed by atoms with E-state index in [2.05, 4.69) is 10.1 Å². The van der Waals surface area contributed by atoms with Crippen LogP contribution in [0.25, 0.3) is 10.9 Å². The second kappa shape index (κ2) is 7.85. The van der Waals surface area contributed by atoms with Gasteiger partial charge in [0.15, 0.2) is 11.9 Å². The number of rotatable bonds is 5. The van der Waals surface area contributed by atoms with Crippen molar-refractivity contribution in [2.75, 3.05) is 6.61 Å². The van der Waals surface area contributed by atoms with Gasteiger partial charge >= 0.3 is 0 Å². The number of hydrogen-bond donors (Lipinski definition) is 0. The smallest absolute Gasteiger partial charge is 0.235 e. The summed E-state index contributed by atoms with van der Waals surface area (Å²) in [5, 5.41) is 25.6. The zero-order valence-electron chi connectivity index (χ0n) is 15.9. The molecule has 1 fully saturated rings. The predicted molar refractivity (Wildman–Crippen MR) is 103 cm³/mol. The molecule has 1 aromatic carbocycles. The molecule has 0 bridgehead atoms. The average molecular weight is 393 g/mol. The fraction of sp³-hybridized carbons (Fsp3) is 0.350. The molecule has 1 aliphatic rings. The zero-order valence-corrected chi connectivity index (χ0v) is 15.9. The Morgan fingerprint density at radius 2 is 2.28 bits per heavy atom. The lowest BCUT2D eigenvalue weighted by molar-refractivity contribution is -0.497. The second-order valence-corrected chi connectivity index (χ2v) is 6.90. The van der Waals surface area contributed by atoms with Gasteiger partial charge in [0.25, 0.3) is 0 Å². The minimum absolute atomic E-state index is 0.0182. The molecule has 9 heteroatoms. The van der Waals surface area contributed by atoms with Crippen molar-refractivity contribution in [3.8, 4) is 17.6 Å². The van der Waals surface area contributed by atoms with Crippen molar-refractivity contribution < 1.29 is 14.4 Å². The van der Waals surface area contributed by atoms with Crippen molar-refractivity contribution >= 4 is 10.9 Å². The van der Waals surface area contributed by atoms with Gasteiger partial charge in [-0.2, -0.15) is 10.4 Å². The molecule has 1 saturated heterocycles. The Labute approximate surface area is 166 Å². The molecule has 0 spiro atoms. The molecule has 148 valence electrons. The van der Waals surface area contributed by atoms with Crippen molar-refractivity contribution in [3.05, 3.63) is 57.5 Å². The molecular weight excluding hydrogens is 374 g/mol. The third-order valence-electron chi connectivity index (χ3n) is 4.97. The van der Waals surface area contributed by atoms with Crippen molar-refractivity contribution in [3.63, 3.8) is 0 Å². The van der Waals surface area contributed by atoms with E-state index in [9.17, 15) is 15.4 Å². The maximum Gasteiger partial charge on any atom is 0.235 e. The van der Waals surface area contributed by atoms with Crippen molar-refractivity contribution in [2.24, 2.45) is 0 Å². The van der Waals surface area contributed by atoms with Crippen LogP contribution in [0.3, 0.4) is 0 Å². The molecule has 1 unspecified atom stereocenters. The number of nitro groups is 1. The van der Waals surface area contributed by atoms with Gasteiger partial charge in [-0.3, -0.25) is 10.1 Å². The van der Waals surface area contributed by atoms with Crippen LogP contribution in [0.4, 0.5) is 0 Å². The monoisotopic (exact) mass is 393 g/mol. The minimum Gasteiger partial charge on any atom is -0.456 e. The molecule has 3 heterocycles. The molecule has 1 atom stereocenters. The number of fused-ring (bicyclic) bond motifs is 1. The van der Waals surface area contributed by atoms with Crippen molar-refractivity contribution in [1.29, 1.82) is 5.26 Å². The SMILES string of the molecule is Cc1ccc2c(cnn2C2CCCCO2)c1Oc1ccnc(C#N)c1C[N+](=O)[O-]. The third-order valence-corrected chi connectivity index (χ3v) is 4.97. The number of benzene rings is 1. The quantitative estimate of drug-likeness (QED) is 0.477. The fourth-order valence-corrected chi connectivity index (χ4v) is 3.54. The number of aryl methyl sites for hydroxylation is 1. The van der Waals surface area contributed by atoms with Crippen LogP contribution in [-0.2, 0) is 11.3 Å². The van der Waals surface area contributed by atoms with E-state index in [4.69, 9.17) is 9.47 Å². The normalized spacial score (nSPS) is 16.5. The molecule has 4 rings (SSSR count). The highest BCUT2D eigenvalue weighted by atomic mass is 16.6. The molecule has 1 aliphatic heterocycles. The van der Waals surface area contributed by atoms with Crippen LogP contribution >= 0.6 is 0 Å². The molecule has 3 aromatic rings. The summed E-state index contributed by atoms with van der Waals surface area (Å²) in [7, 11) is 0. The Bertz CT molecular complexity index is 1110. The van der Waals surface area contributed by atoms with Gasteiger partial charge in [-0.25, -0.2) is 9.67 Å². The van der Waals surface area contributed by atoms with Crippen LogP contribution < -0.4 is 4.74 Å². The Morgan fingerprint density at radius 1 is 1.41 bits per heavy atom. The predicted octanol–water partition coefficient (Wildman–Crippen LogP) is 3.88. The highest BCUT2D eigenvalue weighted by molar-refractivity contribution is 5.87. The van der Waals surface area contributed by atoms with Gasteiger partial charge in [-0.1, -0.05) is 6.07 Å². The molecule has 0 aliphatic carbocycles. The van der Waals surface area contributed by atoms with Crippen molar-refractivity contribution in [1.82, 2.24) is 14.8 Å². The van der Waals surface area contributed by atoms with E-state index in [0.717, 1.165) is 35.7 Å². The topological polar surface area (TPSA) is 116 Å². The molecule has 0 saturated carbocycles. The van der Waals surface area contributed by atoms with Crippen molar-refractivity contribution in [2.45, 2.75) is 39.0 Å². The number of ether oxygens (including phenoxy) is 2. The van der Waals surface area contributed by atoms with Crippen LogP contribution in [0.15, 0.2) is 30.6 Å². The number of hydrogen-bond acceptors (Lipinski definition) is 7. The van der Waals surface area contributed by atoms with E-state index in [1.54, 1.807) is 6.20 Å². The molecule has 0 amide bonds. The first-order valence-electron chi connectivity index (χ1n) is 9.34. The number of nitriles is 1. The highest BCUT2D eigenvalue weighted by Gasteiger charge is 2.22. The Morgan fingerprint density at radius 3 is 3.00 bits per heavy atom. The molecule has 2 aromatic heterocycles. The van der Waals surface area contributed by atoms with Gasteiger partial charge in [-0.05, 0) is 43.9 Å². The van der Waals surface area contributed by atoms with E-state index in [1.165, 1.54) is 12.3 Å². The van der Waals surface area contributed by atoms with E-state index in [0.29, 0.717) is 12.4 Å². The van der Waals surface area contributed by atoms with Crippen LogP contribution in [0.5, 0.6) is 11.5 Å². The first-order valence-corrected chi connectivity index (χ1v) is 9.34. The summed E-state index contributed by atoms with van der Waals surface area (Å²) in [6.07, 6.45) is 6.03. The summed E-state index contributed by atoms with van der Waals surface area (Å²) in [6, 6.07) is 7.31. The minimum atomic E-state index is -0.545. The summed E-state index contributed by atoms with van der Waals surface area (Å²) >= 11 is 0. The Balaban J connectivity index is 1.77. The summed E-state index contributed by atoms with van der Waals surface area (Å²) in [4.78, 5) is 14.5. The largest absolute Gasteiger partial charge is 0.456 e. The van der Waals surface area contributed by atoms with Gasteiger partial charge in [0.2, 0.25) is 6.54 Å². The number of pyridine rings is 1. The fourth-order valence-electron chi connectivity index (χ4n) is 3.54. The molecule has 29 heavy (non-hydrogen) atoms. The molecule has 0 radical (unpaired) electrons. The van der Waals surface area contributed by atoms with Gasteiger partial charge in [0.1, 0.15) is 23.1 Å². The van der Waals surface area contributed by atoms with Gasteiger partial charge in [0, 0.05) is 17.7 Å². The summed E-state index contributed by atoms with van der Waals surface area (Å²) < 4.78 is 13.8. The summed E-state index contributed by atoms with van der Waals surface area (Å²) in [6.45, 7) is 2.05. The molecule has 9 nitrogen and oxygen atoms in total. The third kappa shape index (κ3) is 3.62. The van der Waals surface area contributed by atoms with E-state index < -0.39 is 11.5 Å². The maximum atomic E-state index is 11.1. The maximum absolute atomic E-state index is 11.1. The average Bonchev–Trinajstić information content (AvgIpc) is 3.15. The van der Waals surface area contributed by atoms with Gasteiger partial charge in [0.05, 0.1) is 17.1 Å². The summed E-state index contributed by atoms with van der Waals surface area (Å²) in [5.41, 5.74) is 1.85. The standard InChI is InChI=1S/C20H19N5O4/c1-13-5-6-17-14(11-23-25(17)19-4-2-3-9-28-19)20(13)29-18-7-8-22-16(10-21)15(18)12-24(26)27/h5-8,11,19H,2-4,9,12H2,1H3. The van der Waals surface area contributed by atoms with Crippen LogP contribution in [0, 0.1) is 28.4 Å². The van der Waals surface area contributed by atoms with Gasteiger partial charge in [-0.15, -0.1) is 0 Å². The van der Waals surface area contributed by atoms with E-state index in [1.807, 2.05) is 29.8 Å². The molecular formula is C20H19N5O4. The molecule has 0 N–H and O–H groups in total. The first kappa shape index (κ1) is 18.8. The van der Waals surface area contributed by atoms with Gasteiger partial charge < -0.3 is 9.47 Å². The van der Waals surface area contributed by atoms with E-state index in [-0.39, 0.29) is 23.2 Å². The van der Waals surface area contributed by atoms with E-state index >= 15 is 0 Å². The Kier molecular flexibility index (Phi) is 5.10. The second-order valence-electron chi connectivity index (χ2n) is 6.90. The number of nitrogens with zero attached hydrogens (tertiary/aromatic N) is 5. The van der Waals surface area contributed by atoms with Crippen LogP contribution in [-0.4, -0.2) is 26.3 Å². The lowest BCUT2D eigenvalue weighted by Crippen LogP contribution is -2.18. The zero-order chi connectivity index (χ0) is 20.4. The first-order chi connectivity index (χ1) is 14.1. The lowest BCUT2D eigenvalue weighted by atomic mass is 10.1. The Hall–Kier alpha value is -3.51. The van der Waals surface area contributed by atoms with Crippen LogP contribution in [0.2, 0.25) is 0 Å². The van der Waals surface area contributed by atoms with Crippen LogP contribution in [0.1, 0.15) is 42.3 Å². The lowest BCUT2D eigenvalue weighted by Gasteiger charge is -2.23. The highest BCUT2D eigenvalue weighted by Crippen LogP contribution is 2.37. The number of aromatic nitrogens is 3.